The molecule has 1 aromatic carbocycles. The van der Waals surface area contributed by atoms with Gasteiger partial charge in [0.2, 0.25) is 0 Å². The van der Waals surface area contributed by atoms with E-state index in [0.717, 1.165) is 12.1 Å². The average molecular weight is 472 g/mol. The highest BCUT2D eigenvalue weighted by Crippen LogP contribution is 2.32. The first-order valence-corrected chi connectivity index (χ1v) is 11.7. The second kappa shape index (κ2) is 8.86. The molecule has 0 radical (unpaired) electrons. The molecular formula is C19H20F3N5O2S2. The predicted molar refractivity (Wildman–Crippen MR) is 113 cm³/mol. The number of nitrogens with two attached hydrogens (primary N) is 1. The summed E-state index contributed by atoms with van der Waals surface area (Å²) in [4.78, 5) is 5.75. The Hall–Kier alpha value is -2.62. The number of pyridine rings is 1. The summed E-state index contributed by atoms with van der Waals surface area (Å²) in [6, 6.07) is 7.76. The van der Waals surface area contributed by atoms with Gasteiger partial charge < -0.3 is 10.6 Å². The van der Waals surface area contributed by atoms with Crippen LogP contribution in [0.2, 0.25) is 0 Å². The highest BCUT2D eigenvalue weighted by Gasteiger charge is 2.43. The summed E-state index contributed by atoms with van der Waals surface area (Å²) in [7, 11) is -6.38. The van der Waals surface area contributed by atoms with Crippen LogP contribution in [0.25, 0.3) is 0 Å². The van der Waals surface area contributed by atoms with E-state index in [1.54, 1.807) is 23.4 Å². The van der Waals surface area contributed by atoms with Crippen LogP contribution in [0.4, 0.5) is 24.7 Å². The molecule has 3 atom stereocenters. The first-order valence-electron chi connectivity index (χ1n) is 9.07. The van der Waals surface area contributed by atoms with Crippen LogP contribution in [-0.2, 0) is 20.7 Å². The smallest absolute Gasteiger partial charge is 0.384 e. The van der Waals surface area contributed by atoms with Gasteiger partial charge in [0.1, 0.15) is 22.8 Å². The second-order valence-corrected chi connectivity index (χ2v) is 10.2. The Morgan fingerprint density at radius 2 is 1.90 bits per heavy atom. The number of benzene rings is 1. The molecule has 1 aliphatic heterocycles. The van der Waals surface area contributed by atoms with Gasteiger partial charge in [-0.15, -0.1) is 5.92 Å². The number of nitrogen functional groups attached to an aromatic ring is 1. The largest absolute Gasteiger partial charge is 0.483 e. The zero-order chi connectivity index (χ0) is 22.8. The van der Waals surface area contributed by atoms with Gasteiger partial charge in [-0.2, -0.15) is 13.2 Å². The number of halogens is 3. The summed E-state index contributed by atoms with van der Waals surface area (Å²) in [6.07, 6.45) is 1.45. The van der Waals surface area contributed by atoms with Crippen molar-refractivity contribution in [3.8, 4) is 11.8 Å². The maximum Gasteiger partial charge on any atom is 0.483 e. The third-order valence-corrected chi connectivity index (χ3v) is 7.71. The maximum atomic E-state index is 12.9. The van der Waals surface area contributed by atoms with Gasteiger partial charge >= 0.3 is 5.51 Å². The van der Waals surface area contributed by atoms with Gasteiger partial charge in [-0.1, -0.05) is 5.92 Å². The first-order chi connectivity index (χ1) is 14.5. The SMILES string of the molecule is CC#CC1CN(S(=O)c2ccc(N)nc2)CCN1c1ccc(S(=N)(=O)C(F)(F)F)cc1. The summed E-state index contributed by atoms with van der Waals surface area (Å²) in [5.74, 6) is 6.19. The van der Waals surface area contributed by atoms with Crippen molar-refractivity contribution in [2.45, 2.75) is 28.3 Å². The van der Waals surface area contributed by atoms with Gasteiger partial charge in [-0.25, -0.2) is 22.5 Å². The zero-order valence-electron chi connectivity index (χ0n) is 16.4. The highest BCUT2D eigenvalue weighted by molar-refractivity contribution is 7.93. The fraction of sp³-hybridized carbons (Fsp3) is 0.316. The Morgan fingerprint density at radius 3 is 2.45 bits per heavy atom. The molecule has 1 fully saturated rings. The lowest BCUT2D eigenvalue weighted by Crippen LogP contribution is -2.53. The molecular weight excluding hydrogens is 451 g/mol. The molecule has 0 saturated carbocycles. The highest BCUT2D eigenvalue weighted by atomic mass is 32.2. The number of alkyl halides is 3. The Labute approximate surface area is 181 Å². The van der Waals surface area contributed by atoms with Gasteiger partial charge in [0, 0.05) is 31.5 Å². The molecule has 166 valence electrons. The monoisotopic (exact) mass is 471 g/mol. The number of hydrogen-bond donors (Lipinski definition) is 2. The van der Waals surface area contributed by atoms with Crippen molar-refractivity contribution in [1.82, 2.24) is 9.29 Å². The molecule has 0 spiro atoms. The third-order valence-electron chi connectivity index (χ3n) is 4.68. The number of nitrogens with one attached hydrogen (secondary N) is 1. The summed E-state index contributed by atoms with van der Waals surface area (Å²) in [5.41, 5.74) is 1.01. The fourth-order valence-corrected chi connectivity index (χ4v) is 5.05. The molecule has 3 N–H and O–H groups in total. The fourth-order valence-electron chi connectivity index (χ4n) is 3.11. The van der Waals surface area contributed by atoms with Gasteiger partial charge in [0.05, 0.1) is 9.79 Å². The van der Waals surface area contributed by atoms with E-state index in [9.17, 15) is 21.6 Å². The van der Waals surface area contributed by atoms with E-state index >= 15 is 0 Å². The van der Waals surface area contributed by atoms with Gasteiger partial charge in [0.15, 0.2) is 9.73 Å². The zero-order valence-corrected chi connectivity index (χ0v) is 18.1. The molecule has 12 heteroatoms. The molecule has 0 amide bonds. The lowest BCUT2D eigenvalue weighted by molar-refractivity contribution is -0.0406. The van der Waals surface area contributed by atoms with Crippen LogP contribution in [-0.4, -0.2) is 48.9 Å². The van der Waals surface area contributed by atoms with Gasteiger partial charge in [-0.3, -0.25) is 0 Å². The van der Waals surface area contributed by atoms with Crippen LogP contribution in [0.15, 0.2) is 52.4 Å². The van der Waals surface area contributed by atoms with E-state index in [0.29, 0.717) is 36.0 Å². The molecule has 1 saturated heterocycles. The Bertz CT molecular complexity index is 1120. The van der Waals surface area contributed by atoms with Crippen LogP contribution in [0.3, 0.4) is 0 Å². The lowest BCUT2D eigenvalue weighted by Gasteiger charge is -2.39. The quantitative estimate of drug-likeness (QED) is 0.668. The van der Waals surface area contributed by atoms with E-state index in [1.165, 1.54) is 18.3 Å². The molecule has 0 bridgehead atoms. The third kappa shape index (κ3) is 4.84. The minimum absolute atomic E-state index is 0.325. The van der Waals surface area contributed by atoms with Crippen LogP contribution in [0.1, 0.15) is 6.92 Å². The topological polar surface area (TPSA) is 103 Å². The van der Waals surface area contributed by atoms with Gasteiger partial charge in [-0.05, 0) is 43.3 Å². The minimum Gasteiger partial charge on any atom is -0.384 e. The summed E-state index contributed by atoms with van der Waals surface area (Å²) >= 11 is 0. The van der Waals surface area contributed by atoms with E-state index in [2.05, 4.69) is 16.8 Å². The number of rotatable bonds is 4. The molecule has 1 aromatic heterocycles. The molecule has 2 aromatic rings. The van der Waals surface area contributed by atoms with Crippen molar-refractivity contribution >= 4 is 32.2 Å². The summed E-state index contributed by atoms with van der Waals surface area (Å²) < 4.78 is 72.3. The maximum absolute atomic E-state index is 12.9. The number of aromatic nitrogens is 1. The molecule has 0 aliphatic carbocycles. The van der Waals surface area contributed by atoms with Gasteiger partial charge in [0.25, 0.3) is 0 Å². The van der Waals surface area contributed by atoms with E-state index in [4.69, 9.17) is 10.5 Å². The molecule has 7 nitrogen and oxygen atoms in total. The number of hydrogen-bond acceptors (Lipinski definition) is 6. The van der Waals surface area contributed by atoms with Crippen LogP contribution in [0.5, 0.6) is 0 Å². The van der Waals surface area contributed by atoms with Crippen LogP contribution in [0, 0.1) is 16.6 Å². The molecule has 31 heavy (non-hydrogen) atoms. The standard InChI is InChI=1S/C19H20F3N5O2S2/c1-2-3-15-13-26(30(28)16-6-9-18(23)25-12-16)10-11-27(15)14-4-7-17(8-5-14)31(24,29)19(20,21)22/h4-9,12,15,24H,10-11,13H2,1H3,(H2,23,25). The molecule has 2 heterocycles. The van der Waals surface area contributed by atoms with E-state index < -0.39 is 31.1 Å². The van der Waals surface area contributed by atoms with Crippen molar-refractivity contribution in [1.29, 1.82) is 4.78 Å². The number of nitrogens with zero attached hydrogens (tertiary/aromatic N) is 3. The van der Waals surface area contributed by atoms with E-state index in [-0.39, 0.29) is 6.04 Å². The molecule has 3 rings (SSSR count). The van der Waals surface area contributed by atoms with Crippen molar-refractivity contribution in [3.05, 3.63) is 42.6 Å². The van der Waals surface area contributed by atoms with E-state index in [1.807, 2.05) is 4.90 Å². The normalized spacial score (nSPS) is 20.4. The minimum atomic E-state index is -5.14. The summed E-state index contributed by atoms with van der Waals surface area (Å²) in [6.45, 7) is 2.83. The second-order valence-electron chi connectivity index (χ2n) is 6.66. The Kier molecular flexibility index (Phi) is 6.59. The van der Waals surface area contributed by atoms with Crippen molar-refractivity contribution in [2.24, 2.45) is 0 Å². The number of piperazine rings is 1. The van der Waals surface area contributed by atoms with Crippen molar-refractivity contribution in [2.75, 3.05) is 30.3 Å². The predicted octanol–water partition coefficient (Wildman–Crippen LogP) is 2.83. The van der Waals surface area contributed by atoms with Crippen molar-refractivity contribution in [3.63, 3.8) is 0 Å². The Balaban J connectivity index is 1.81. The summed E-state index contributed by atoms with van der Waals surface area (Å²) in [5, 5.41) is 0. The molecule has 1 aliphatic rings. The molecule has 3 unspecified atom stereocenters. The van der Waals surface area contributed by atoms with Crippen molar-refractivity contribution < 1.29 is 21.6 Å². The average Bonchev–Trinajstić information content (AvgIpc) is 2.73. The lowest BCUT2D eigenvalue weighted by atomic mass is 10.1. The van der Waals surface area contributed by atoms with Crippen LogP contribution >= 0.6 is 0 Å². The number of anilines is 2. The first kappa shape index (κ1) is 23.1. The van der Waals surface area contributed by atoms with Crippen LogP contribution < -0.4 is 10.6 Å². The Morgan fingerprint density at radius 1 is 1.23 bits per heavy atom.